The second kappa shape index (κ2) is 13.3. The summed E-state index contributed by atoms with van der Waals surface area (Å²) in [6.07, 6.45) is 0.428. The molecule has 1 heterocycles. The lowest BCUT2D eigenvalue weighted by atomic mass is 10.1. The highest BCUT2D eigenvalue weighted by atomic mass is 16.6. The summed E-state index contributed by atoms with van der Waals surface area (Å²) in [4.78, 5) is 47.9. The maximum atomic E-state index is 12.9. The first-order valence-corrected chi connectivity index (χ1v) is 12.7. The van der Waals surface area contributed by atoms with Crippen LogP contribution in [0.1, 0.15) is 52.6 Å². The smallest absolute Gasteiger partial charge is 0.407 e. The second-order valence-corrected chi connectivity index (χ2v) is 10.1. The average Bonchev–Trinajstić information content (AvgIpc) is 3.38. The third kappa shape index (κ3) is 8.87. The van der Waals surface area contributed by atoms with Crippen molar-refractivity contribution in [2.24, 2.45) is 5.73 Å². The molecule has 1 aliphatic heterocycles. The minimum atomic E-state index is -1.11. The molecule has 10 heteroatoms. The fourth-order valence-electron chi connectivity index (χ4n) is 3.94. The number of carboxylic acids is 1. The van der Waals surface area contributed by atoms with E-state index in [1.54, 1.807) is 81.4 Å². The molecular weight excluding hydrogens is 512 g/mol. The lowest BCUT2D eigenvalue weighted by Crippen LogP contribution is -2.36. The van der Waals surface area contributed by atoms with Crippen LogP contribution in [0.4, 0.5) is 16.2 Å². The van der Waals surface area contributed by atoms with E-state index in [1.165, 1.54) is 10.5 Å². The Hall–Kier alpha value is -4.86. The van der Waals surface area contributed by atoms with Gasteiger partial charge in [-0.05, 0) is 80.8 Å². The number of ether oxygens (including phenoxy) is 1. The van der Waals surface area contributed by atoms with Crippen LogP contribution in [0.3, 0.4) is 0 Å². The molecule has 0 atom stereocenters. The Morgan fingerprint density at radius 3 is 2.35 bits per heavy atom. The van der Waals surface area contributed by atoms with Crippen LogP contribution in [0.2, 0.25) is 0 Å². The molecule has 3 amide bonds. The normalized spacial score (nSPS) is 11.7. The van der Waals surface area contributed by atoms with Crippen LogP contribution in [0.5, 0.6) is 0 Å². The lowest BCUT2D eigenvalue weighted by Gasteiger charge is -2.21. The third-order valence-corrected chi connectivity index (χ3v) is 5.72. The van der Waals surface area contributed by atoms with E-state index in [0.29, 0.717) is 22.4 Å². The van der Waals surface area contributed by atoms with Crippen LogP contribution < -0.4 is 21.3 Å². The van der Waals surface area contributed by atoms with Crippen molar-refractivity contribution in [2.75, 3.05) is 23.3 Å². The molecular formula is C30H34N4O6. The van der Waals surface area contributed by atoms with E-state index in [9.17, 15) is 24.3 Å². The number of carbonyl (C=O) groups is 4. The molecule has 0 saturated heterocycles. The highest BCUT2D eigenvalue weighted by Crippen LogP contribution is 2.22. The van der Waals surface area contributed by atoms with Gasteiger partial charge in [0.1, 0.15) is 12.1 Å². The van der Waals surface area contributed by atoms with E-state index >= 15 is 0 Å². The molecule has 3 aromatic carbocycles. The third-order valence-electron chi connectivity index (χ3n) is 5.72. The zero-order valence-corrected chi connectivity index (χ0v) is 22.8. The minimum Gasteiger partial charge on any atom is -0.480 e. The van der Waals surface area contributed by atoms with Gasteiger partial charge in [0.2, 0.25) is 5.91 Å². The standard InChI is InChI=1S/C21H24N2O5.C9H10N2O/c1-21(2,3)28-20(27)22-13-15-8-7-9-16(12-15)19(26)23(14-18(24)25)17-10-5-4-6-11-17;10-9(12)7-1-2-8-6(5-7)3-4-11-8/h4-12H,13-14H2,1-3H3,(H,22,27)(H,24,25);1-2,5,11H,3-4H2,(H2,10,12). The first-order chi connectivity index (χ1) is 18.9. The molecule has 1 aliphatic rings. The van der Waals surface area contributed by atoms with E-state index in [-0.39, 0.29) is 12.5 Å². The number of carbonyl (C=O) groups excluding carboxylic acids is 3. The van der Waals surface area contributed by atoms with Gasteiger partial charge in [0.05, 0.1) is 0 Å². The SMILES string of the molecule is CC(C)(C)OC(=O)NCc1cccc(C(=O)N(CC(=O)O)c2ccccc2)c1.NC(=O)c1ccc2c(c1)CCN2. The van der Waals surface area contributed by atoms with Gasteiger partial charge in [-0.2, -0.15) is 0 Å². The van der Waals surface area contributed by atoms with Crippen molar-refractivity contribution >= 4 is 35.3 Å². The van der Waals surface area contributed by atoms with Crippen molar-refractivity contribution < 1.29 is 29.0 Å². The summed E-state index contributed by atoms with van der Waals surface area (Å²) in [6, 6.07) is 20.8. The number of carboxylic acid groups (broad SMARTS) is 1. The average molecular weight is 547 g/mol. The zero-order valence-electron chi connectivity index (χ0n) is 22.8. The second-order valence-electron chi connectivity index (χ2n) is 10.1. The molecule has 10 nitrogen and oxygen atoms in total. The number of hydrogen-bond acceptors (Lipinski definition) is 6. The van der Waals surface area contributed by atoms with Crippen LogP contribution >= 0.6 is 0 Å². The number of anilines is 2. The molecule has 5 N–H and O–H groups in total. The first kappa shape index (κ1) is 29.7. The number of para-hydroxylation sites is 1. The summed E-state index contributed by atoms with van der Waals surface area (Å²) in [7, 11) is 0. The summed E-state index contributed by atoms with van der Waals surface area (Å²) >= 11 is 0. The van der Waals surface area contributed by atoms with Gasteiger partial charge in [-0.1, -0.05) is 30.3 Å². The molecule has 0 radical (unpaired) electrons. The highest BCUT2D eigenvalue weighted by Gasteiger charge is 2.21. The number of nitrogens with two attached hydrogens (primary N) is 1. The quantitative estimate of drug-likeness (QED) is 0.347. The molecule has 0 spiro atoms. The van der Waals surface area contributed by atoms with E-state index in [0.717, 1.165) is 18.7 Å². The number of nitrogens with one attached hydrogen (secondary N) is 2. The van der Waals surface area contributed by atoms with Crippen molar-refractivity contribution in [1.29, 1.82) is 0 Å². The Bertz CT molecular complexity index is 1370. The van der Waals surface area contributed by atoms with Crippen molar-refractivity contribution in [3.05, 3.63) is 95.1 Å². The largest absolute Gasteiger partial charge is 0.480 e. The number of aliphatic carboxylic acids is 1. The predicted molar refractivity (Wildman–Crippen MR) is 152 cm³/mol. The fraction of sp³-hybridized carbons (Fsp3) is 0.267. The minimum absolute atomic E-state index is 0.181. The van der Waals surface area contributed by atoms with E-state index in [1.807, 2.05) is 12.1 Å². The maximum Gasteiger partial charge on any atom is 0.407 e. The number of alkyl carbamates (subject to hydrolysis) is 1. The van der Waals surface area contributed by atoms with Crippen molar-refractivity contribution in [2.45, 2.75) is 39.3 Å². The summed E-state index contributed by atoms with van der Waals surface area (Å²) < 4.78 is 5.19. The number of amides is 3. The first-order valence-electron chi connectivity index (χ1n) is 12.7. The Morgan fingerprint density at radius 1 is 0.975 bits per heavy atom. The fourth-order valence-corrected chi connectivity index (χ4v) is 3.94. The molecule has 0 unspecified atom stereocenters. The Morgan fingerprint density at radius 2 is 1.70 bits per heavy atom. The Balaban J connectivity index is 0.000000302. The Labute approximate surface area is 233 Å². The lowest BCUT2D eigenvalue weighted by molar-refractivity contribution is -0.135. The highest BCUT2D eigenvalue weighted by molar-refractivity contribution is 6.08. The number of fused-ring (bicyclic) bond motifs is 1. The monoisotopic (exact) mass is 546 g/mol. The molecule has 0 aromatic heterocycles. The van der Waals surface area contributed by atoms with Crippen LogP contribution in [0.15, 0.2) is 72.8 Å². The number of hydrogen-bond donors (Lipinski definition) is 4. The summed E-state index contributed by atoms with van der Waals surface area (Å²) in [6.45, 7) is 5.99. The van der Waals surface area contributed by atoms with Gasteiger partial charge in [-0.25, -0.2) is 4.79 Å². The molecule has 0 fully saturated rings. The van der Waals surface area contributed by atoms with E-state index in [4.69, 9.17) is 10.5 Å². The van der Waals surface area contributed by atoms with Gasteiger partial charge in [-0.3, -0.25) is 19.3 Å². The molecule has 0 bridgehead atoms. The predicted octanol–water partition coefficient (Wildman–Crippen LogP) is 4.20. The summed E-state index contributed by atoms with van der Waals surface area (Å²) in [5.41, 5.74) is 8.97. The molecule has 0 aliphatic carbocycles. The van der Waals surface area contributed by atoms with Gasteiger partial charge in [0, 0.05) is 35.6 Å². The van der Waals surface area contributed by atoms with Crippen LogP contribution in [0.25, 0.3) is 0 Å². The number of nitrogens with zero attached hydrogens (tertiary/aromatic N) is 1. The summed E-state index contributed by atoms with van der Waals surface area (Å²) in [5.74, 6) is -1.91. The summed E-state index contributed by atoms with van der Waals surface area (Å²) in [5, 5.41) is 15.0. The van der Waals surface area contributed by atoms with Gasteiger partial charge in [0.15, 0.2) is 0 Å². The molecule has 40 heavy (non-hydrogen) atoms. The van der Waals surface area contributed by atoms with Crippen LogP contribution in [0, 0.1) is 0 Å². The topological polar surface area (TPSA) is 151 Å². The number of benzene rings is 3. The van der Waals surface area contributed by atoms with Gasteiger partial charge in [0.25, 0.3) is 5.91 Å². The number of primary amides is 1. The molecule has 0 saturated carbocycles. The van der Waals surface area contributed by atoms with Crippen molar-refractivity contribution in [1.82, 2.24) is 5.32 Å². The molecule has 210 valence electrons. The zero-order chi connectivity index (χ0) is 29.3. The molecule has 4 rings (SSSR count). The van der Waals surface area contributed by atoms with Crippen molar-refractivity contribution in [3.63, 3.8) is 0 Å². The van der Waals surface area contributed by atoms with E-state index < -0.39 is 30.1 Å². The van der Waals surface area contributed by atoms with Gasteiger partial charge < -0.3 is 26.2 Å². The maximum absolute atomic E-state index is 12.9. The van der Waals surface area contributed by atoms with E-state index in [2.05, 4.69) is 10.6 Å². The number of rotatable bonds is 7. The van der Waals surface area contributed by atoms with Crippen LogP contribution in [-0.2, 0) is 22.5 Å². The van der Waals surface area contributed by atoms with Crippen molar-refractivity contribution in [3.8, 4) is 0 Å². The van der Waals surface area contributed by atoms with Crippen LogP contribution in [-0.4, -0.2) is 47.7 Å². The van der Waals surface area contributed by atoms with Gasteiger partial charge in [-0.15, -0.1) is 0 Å². The van der Waals surface area contributed by atoms with Gasteiger partial charge >= 0.3 is 12.1 Å². The molecule has 3 aromatic rings. The Kier molecular flexibility index (Phi) is 9.86.